The van der Waals surface area contributed by atoms with Crippen molar-refractivity contribution in [3.8, 4) is 0 Å². The van der Waals surface area contributed by atoms with E-state index in [1.165, 1.54) is 0 Å². The van der Waals surface area contributed by atoms with Crippen LogP contribution in [0.4, 0.5) is 0 Å². The number of aliphatic hydroxyl groups excluding tert-OH is 1. The smallest absolute Gasteiger partial charge is 0.163 e. The van der Waals surface area contributed by atoms with Crippen LogP contribution in [0.1, 0.15) is 44.1 Å². The van der Waals surface area contributed by atoms with Crippen LogP contribution in [0.5, 0.6) is 0 Å². The zero-order valence-electron chi connectivity index (χ0n) is 9.93. The fourth-order valence-electron chi connectivity index (χ4n) is 1.84. The molecule has 2 rings (SSSR count). The lowest BCUT2D eigenvalue weighted by atomic mass is 10.1. The van der Waals surface area contributed by atoms with E-state index in [-0.39, 0.29) is 6.10 Å². The minimum absolute atomic E-state index is 0.00181. The Morgan fingerprint density at radius 2 is 1.94 bits per heavy atom. The fourth-order valence-corrected chi connectivity index (χ4v) is 1.84. The van der Waals surface area contributed by atoms with Crippen molar-refractivity contribution in [2.45, 2.75) is 38.8 Å². The van der Waals surface area contributed by atoms with Crippen molar-refractivity contribution in [2.75, 3.05) is 6.61 Å². The molecule has 0 bridgehead atoms. The number of hydrogen-bond acceptors (Lipinski definition) is 3. The summed E-state index contributed by atoms with van der Waals surface area (Å²) in [7, 11) is 0. The van der Waals surface area contributed by atoms with Crippen molar-refractivity contribution in [2.24, 2.45) is 0 Å². The van der Waals surface area contributed by atoms with Gasteiger partial charge in [0.05, 0.1) is 12.7 Å². The summed E-state index contributed by atoms with van der Waals surface area (Å²) in [4.78, 5) is 0. The molecule has 0 spiro atoms. The molecule has 3 nitrogen and oxygen atoms in total. The van der Waals surface area contributed by atoms with Crippen LogP contribution in [0.25, 0.3) is 0 Å². The molecule has 0 aromatic heterocycles. The topological polar surface area (TPSA) is 38.7 Å². The first-order valence-corrected chi connectivity index (χ1v) is 5.58. The van der Waals surface area contributed by atoms with Crippen molar-refractivity contribution in [3.63, 3.8) is 0 Å². The Bertz CT molecular complexity index is 354. The van der Waals surface area contributed by atoms with Gasteiger partial charge in [-0.15, -0.1) is 0 Å². The first kappa shape index (κ1) is 11.6. The minimum atomic E-state index is -0.492. The number of rotatable bonds is 2. The molecule has 0 aliphatic carbocycles. The Morgan fingerprint density at radius 3 is 2.38 bits per heavy atom. The Labute approximate surface area is 96.0 Å². The van der Waals surface area contributed by atoms with E-state index in [4.69, 9.17) is 9.47 Å². The van der Waals surface area contributed by atoms with Gasteiger partial charge in [0.2, 0.25) is 0 Å². The molecule has 16 heavy (non-hydrogen) atoms. The lowest BCUT2D eigenvalue weighted by Crippen LogP contribution is -2.19. The molecule has 88 valence electrons. The van der Waals surface area contributed by atoms with E-state index in [0.29, 0.717) is 6.61 Å². The molecule has 1 saturated heterocycles. The van der Waals surface area contributed by atoms with Gasteiger partial charge in [0, 0.05) is 0 Å². The molecule has 1 fully saturated rings. The molecule has 2 atom stereocenters. The first-order chi connectivity index (χ1) is 7.48. The average molecular weight is 222 g/mol. The van der Waals surface area contributed by atoms with Crippen molar-refractivity contribution in [1.82, 2.24) is 0 Å². The van der Waals surface area contributed by atoms with Crippen molar-refractivity contribution in [3.05, 3.63) is 35.4 Å². The molecule has 0 radical (unpaired) electrons. The Kier molecular flexibility index (Phi) is 3.02. The van der Waals surface area contributed by atoms with E-state index in [1.807, 2.05) is 38.1 Å². The molecule has 1 heterocycles. The maximum atomic E-state index is 9.41. The predicted molar refractivity (Wildman–Crippen MR) is 60.9 cm³/mol. The van der Waals surface area contributed by atoms with E-state index in [0.717, 1.165) is 11.1 Å². The van der Waals surface area contributed by atoms with Crippen molar-refractivity contribution in [1.29, 1.82) is 0 Å². The maximum Gasteiger partial charge on any atom is 0.163 e. The molecule has 1 N–H and O–H groups in total. The zero-order chi connectivity index (χ0) is 11.8. The third-order valence-corrected chi connectivity index (χ3v) is 2.80. The summed E-state index contributed by atoms with van der Waals surface area (Å²) in [6, 6.07) is 7.82. The highest BCUT2D eigenvalue weighted by Crippen LogP contribution is 2.33. The van der Waals surface area contributed by atoms with Gasteiger partial charge >= 0.3 is 0 Å². The second-order valence-corrected chi connectivity index (χ2v) is 4.66. The van der Waals surface area contributed by atoms with Gasteiger partial charge in [0.1, 0.15) is 6.10 Å². The second-order valence-electron chi connectivity index (χ2n) is 4.66. The van der Waals surface area contributed by atoms with Crippen LogP contribution >= 0.6 is 0 Å². The molecule has 1 aliphatic heterocycles. The Morgan fingerprint density at radius 1 is 1.31 bits per heavy atom. The lowest BCUT2D eigenvalue weighted by Gasteiger charge is -2.17. The minimum Gasteiger partial charge on any atom is -0.389 e. The molecular weight excluding hydrogens is 204 g/mol. The summed E-state index contributed by atoms with van der Waals surface area (Å²) < 4.78 is 11.3. The van der Waals surface area contributed by atoms with E-state index in [1.54, 1.807) is 6.92 Å². The first-order valence-electron chi connectivity index (χ1n) is 5.58. The predicted octanol–water partition coefficient (Wildman–Crippen LogP) is 2.56. The number of aliphatic hydroxyl groups is 1. The summed E-state index contributed by atoms with van der Waals surface area (Å²) in [5.41, 5.74) is 2.01. The van der Waals surface area contributed by atoms with Gasteiger partial charge in [-0.1, -0.05) is 24.3 Å². The number of ether oxygens (including phenoxy) is 2. The summed E-state index contributed by atoms with van der Waals surface area (Å²) >= 11 is 0. The van der Waals surface area contributed by atoms with E-state index in [9.17, 15) is 5.11 Å². The summed E-state index contributed by atoms with van der Waals surface area (Å²) in [6.45, 7) is 6.17. The van der Waals surface area contributed by atoms with Gasteiger partial charge in [-0.25, -0.2) is 0 Å². The highest BCUT2D eigenvalue weighted by Gasteiger charge is 2.33. The molecule has 1 aliphatic rings. The van der Waals surface area contributed by atoms with E-state index in [2.05, 4.69) is 0 Å². The van der Waals surface area contributed by atoms with Crippen LogP contribution in [-0.2, 0) is 9.47 Å². The summed E-state index contributed by atoms with van der Waals surface area (Å²) in [6.07, 6.45) is -0.427. The highest BCUT2D eigenvalue weighted by molar-refractivity contribution is 5.26. The monoisotopic (exact) mass is 222 g/mol. The van der Waals surface area contributed by atoms with Crippen LogP contribution in [-0.4, -0.2) is 17.5 Å². The lowest BCUT2D eigenvalue weighted by molar-refractivity contribution is -0.139. The normalized spacial score (nSPS) is 25.6. The van der Waals surface area contributed by atoms with Crippen LogP contribution in [0.15, 0.2) is 24.3 Å². The molecule has 1 aromatic carbocycles. The van der Waals surface area contributed by atoms with Gasteiger partial charge in [-0.2, -0.15) is 0 Å². The zero-order valence-corrected chi connectivity index (χ0v) is 9.93. The number of hydrogen-bond donors (Lipinski definition) is 1. The Hall–Kier alpha value is -0.900. The van der Waals surface area contributed by atoms with Crippen LogP contribution in [0.3, 0.4) is 0 Å². The SMILES string of the molecule is CC(O)c1ccc(C2COC(C)(C)O2)cc1. The highest BCUT2D eigenvalue weighted by atomic mass is 16.7. The summed E-state index contributed by atoms with van der Waals surface area (Å²) in [5.74, 6) is -0.492. The van der Waals surface area contributed by atoms with Gasteiger partial charge in [-0.05, 0) is 31.9 Å². The molecular formula is C13H18O3. The van der Waals surface area contributed by atoms with Crippen LogP contribution in [0, 0.1) is 0 Å². The van der Waals surface area contributed by atoms with Crippen molar-refractivity contribution < 1.29 is 14.6 Å². The third-order valence-electron chi connectivity index (χ3n) is 2.80. The van der Waals surface area contributed by atoms with Gasteiger partial charge in [0.25, 0.3) is 0 Å². The van der Waals surface area contributed by atoms with Gasteiger partial charge in [0.15, 0.2) is 5.79 Å². The Balaban J connectivity index is 2.11. The fraction of sp³-hybridized carbons (Fsp3) is 0.538. The van der Waals surface area contributed by atoms with Gasteiger partial charge in [-0.3, -0.25) is 0 Å². The molecule has 1 aromatic rings. The van der Waals surface area contributed by atoms with Crippen LogP contribution < -0.4 is 0 Å². The average Bonchev–Trinajstić information content (AvgIpc) is 2.59. The molecule has 2 unspecified atom stereocenters. The van der Waals surface area contributed by atoms with Gasteiger partial charge < -0.3 is 14.6 Å². The van der Waals surface area contributed by atoms with Crippen LogP contribution in [0.2, 0.25) is 0 Å². The largest absolute Gasteiger partial charge is 0.389 e. The van der Waals surface area contributed by atoms with E-state index >= 15 is 0 Å². The molecule has 3 heteroatoms. The number of benzene rings is 1. The maximum absolute atomic E-state index is 9.41. The van der Waals surface area contributed by atoms with E-state index < -0.39 is 11.9 Å². The molecule has 0 saturated carbocycles. The molecule has 0 amide bonds. The van der Waals surface area contributed by atoms with Crippen molar-refractivity contribution >= 4 is 0 Å². The standard InChI is InChI=1S/C13H18O3/c1-9(14)10-4-6-11(7-5-10)12-8-15-13(2,3)16-12/h4-7,9,12,14H,8H2,1-3H3. The summed E-state index contributed by atoms with van der Waals surface area (Å²) in [5, 5.41) is 9.41. The third kappa shape index (κ3) is 2.43. The quantitative estimate of drug-likeness (QED) is 0.835. The second kappa shape index (κ2) is 4.17.